The van der Waals surface area contributed by atoms with Gasteiger partial charge in [0.15, 0.2) is 11.6 Å². The Bertz CT molecular complexity index is 3870. The van der Waals surface area contributed by atoms with Crippen molar-refractivity contribution in [3.8, 4) is 11.5 Å². The fourth-order valence-electron chi connectivity index (χ4n) is 13.1. The Labute approximate surface area is 829 Å². The molecule has 2 aromatic carbocycles. The average molecular weight is 2010 g/mol. The lowest BCUT2D eigenvalue weighted by atomic mass is 9.94. The van der Waals surface area contributed by atoms with Crippen molar-refractivity contribution in [3.63, 3.8) is 0 Å². The highest BCUT2D eigenvalue weighted by atomic mass is 16.5. The van der Waals surface area contributed by atoms with E-state index in [9.17, 15) is 102 Å². The Balaban J connectivity index is 0. The Morgan fingerprint density at radius 2 is 0.617 bits per heavy atom. The number of ketones is 5. The van der Waals surface area contributed by atoms with E-state index in [2.05, 4.69) is 37.2 Å². The standard InChI is InChI=1S/C48H76N4O17.C36H57NO12.C15H26N2O5.CH4/c1-35(36(2)53)12-9-10-22-49-42(55)20-16-38(47(61)62)32-39(54)33-67-30-28-66-27-24-51-45(58)34-68-31-29-65-26-23-50-43(56)21-19-41(48(63)64)52-44(57)13-8-6-4-3-5-7-11-25-69-40-17-14-37(15-18-40)46(59)60;1-2-45-23-24-46-20-10-12-32(39)28-48-26-25-47-22-19-37-34(40)18-15-30(36(43)44)27-31(38)11-8-6-4-3-5-7-9-21-49-33-16-13-29(14-17-33)35(41)42;1-10(11(2)18)6-4-5-9-16-14(20)8-7-13(15(21)22)17-12(3)19;/h14-15,17-18,35,38,41H,3-13,16,19-34H2,1-2H3,(H,49,55)(H,50,56)(H,51,58)(H,52,57)(H,59,60)(H,61,62)(H,63,64);13-14,16-17,30H,2-12,15,18-28H2,1H3,(H,37,40)(H,41,42)(H,43,44);10,13H,4-9H2,1-3H3,(H,16,20)(H,17,19)(H,21,22);1H4/t35-,38+,41-;30-;10-,13-;/m010./s1. The molecule has 0 aliphatic rings. The summed E-state index contributed by atoms with van der Waals surface area (Å²) < 4.78 is 53.8. The number of unbranched alkanes of at least 4 members (excludes halogenated alkanes) is 14. The summed E-state index contributed by atoms with van der Waals surface area (Å²) in [6.45, 7) is 16.0. The summed E-state index contributed by atoms with van der Waals surface area (Å²) >= 11 is 0. The van der Waals surface area contributed by atoms with Crippen LogP contribution in [0, 0.1) is 23.7 Å². The number of amides is 7. The van der Waals surface area contributed by atoms with E-state index in [-0.39, 0.29) is 253 Å². The van der Waals surface area contributed by atoms with Gasteiger partial charge >= 0.3 is 35.8 Å². The number of nitrogens with one attached hydrogen (secondary N) is 7. The van der Waals surface area contributed by atoms with Crippen LogP contribution in [0.5, 0.6) is 11.5 Å². The van der Waals surface area contributed by atoms with Crippen molar-refractivity contribution in [2.24, 2.45) is 23.7 Å². The number of Topliss-reactive ketones (excluding diaryl/α,β-unsaturated/α-hetero) is 5. The molecule has 0 unspecified atom stereocenters. The second-order valence-corrected chi connectivity index (χ2v) is 33.8. The summed E-state index contributed by atoms with van der Waals surface area (Å²) in [6, 6.07) is 10.4. The third kappa shape index (κ3) is 80.4. The number of aromatic carboxylic acids is 2. The molecule has 7 amide bonds. The minimum atomic E-state index is -1.22. The predicted molar refractivity (Wildman–Crippen MR) is 521 cm³/mol. The van der Waals surface area contributed by atoms with E-state index in [1.165, 1.54) is 31.2 Å². The first-order chi connectivity index (χ1) is 67.0. The molecule has 0 aliphatic heterocycles. The summed E-state index contributed by atoms with van der Waals surface area (Å²) in [7, 11) is 0. The van der Waals surface area contributed by atoms with Crippen molar-refractivity contribution in [1.82, 2.24) is 37.2 Å². The van der Waals surface area contributed by atoms with Gasteiger partial charge in [-0.2, -0.15) is 0 Å². The van der Waals surface area contributed by atoms with Crippen molar-refractivity contribution in [2.75, 3.05) is 152 Å². The number of aliphatic carboxylic acids is 4. The third-order valence-corrected chi connectivity index (χ3v) is 21.7. The first kappa shape index (κ1) is 132. The van der Waals surface area contributed by atoms with Crippen LogP contribution in [0.4, 0.5) is 0 Å². The SMILES string of the molecule is C.CC(=O)N[C@@H](CCC(=O)NCCCC[C@H](C)C(C)=O)C(=O)O.CC(=O)[C@@H](C)CCCCNC(=O)CC[C@H](CC(=O)COCCOCCNC(=O)COCCOCCNC(=O)CC[C@H](NC(=O)CCCCCCCCCOc1ccc(C(=O)O)cc1)C(=O)O)C(=O)O.CCOCCOCCCC(=O)COCCOCCNC(=O)CC[C@H](CC(=O)CCCCCCCCCOc1ccc(C(=O)O)cc1)C(=O)O. The van der Waals surface area contributed by atoms with Gasteiger partial charge in [0.2, 0.25) is 41.4 Å². The molecule has 41 heteroatoms. The van der Waals surface area contributed by atoms with E-state index < -0.39 is 77.3 Å². The predicted octanol–water partition coefficient (Wildman–Crippen LogP) is 9.86. The number of carbonyl (C=O) groups excluding carboxylic acids is 12. The number of rotatable bonds is 90. The lowest BCUT2D eigenvalue weighted by Crippen LogP contribution is -2.41. The van der Waals surface area contributed by atoms with Gasteiger partial charge in [0, 0.05) is 122 Å². The molecule has 0 radical (unpaired) electrons. The second-order valence-electron chi connectivity index (χ2n) is 33.8. The van der Waals surface area contributed by atoms with E-state index in [4.69, 9.17) is 62.7 Å². The Morgan fingerprint density at radius 1 is 0.284 bits per heavy atom. The van der Waals surface area contributed by atoms with Crippen LogP contribution in [0.15, 0.2) is 48.5 Å². The summed E-state index contributed by atoms with van der Waals surface area (Å²) in [4.78, 5) is 210. The fraction of sp³-hybridized carbons (Fsp3) is 0.700. The number of carboxylic acids is 6. The molecule has 6 atom stereocenters. The highest BCUT2D eigenvalue weighted by molar-refractivity contribution is 5.90. The van der Waals surface area contributed by atoms with Gasteiger partial charge in [0.1, 0.15) is 60.8 Å². The number of hydrogen-bond acceptors (Lipinski definition) is 28. The monoisotopic (exact) mass is 2010 g/mol. The van der Waals surface area contributed by atoms with Crippen molar-refractivity contribution >= 4 is 106 Å². The van der Waals surface area contributed by atoms with E-state index in [0.29, 0.717) is 103 Å². The molecule has 41 nitrogen and oxygen atoms in total. The number of benzene rings is 2. The molecule has 0 saturated carbocycles. The lowest BCUT2D eigenvalue weighted by molar-refractivity contribution is -0.145. The Kier molecular flexibility index (Phi) is 82.6. The van der Waals surface area contributed by atoms with Crippen molar-refractivity contribution < 1.29 is 164 Å². The summed E-state index contributed by atoms with van der Waals surface area (Å²) in [5.74, 6) is -9.80. The molecule has 0 fully saturated rings. The number of carbonyl (C=O) groups is 18. The molecule has 0 spiro atoms. The van der Waals surface area contributed by atoms with Crippen molar-refractivity contribution in [1.29, 1.82) is 0 Å². The average Bonchev–Trinajstić information content (AvgIpc) is 0.897. The molecular formula is C100H163N7O34. The summed E-state index contributed by atoms with van der Waals surface area (Å²) in [6.07, 6.45) is 18.7. The molecule has 2 aromatic rings. The molecule has 0 bridgehead atoms. The Morgan fingerprint density at radius 3 is 1.01 bits per heavy atom. The zero-order valence-corrected chi connectivity index (χ0v) is 83.0. The van der Waals surface area contributed by atoms with Crippen molar-refractivity contribution in [2.45, 2.75) is 279 Å². The van der Waals surface area contributed by atoms with E-state index in [1.807, 2.05) is 20.8 Å². The van der Waals surface area contributed by atoms with E-state index in [1.54, 1.807) is 38.1 Å². The topological polar surface area (TPSA) is 605 Å². The summed E-state index contributed by atoms with van der Waals surface area (Å²) in [5.41, 5.74) is 0.433. The molecular weight excluding hydrogens is 1840 g/mol. The van der Waals surface area contributed by atoms with Gasteiger partial charge in [-0.3, -0.25) is 67.1 Å². The molecule has 2 rings (SSSR count). The largest absolute Gasteiger partial charge is 0.494 e. The molecule has 141 heavy (non-hydrogen) atoms. The first-order valence-electron chi connectivity index (χ1n) is 49.0. The normalized spacial score (nSPS) is 12.1. The lowest BCUT2D eigenvalue weighted by Gasteiger charge is -2.14. The number of carboxylic acid groups (broad SMARTS) is 6. The molecule has 802 valence electrons. The number of hydrogen-bond donors (Lipinski definition) is 13. The van der Waals surface area contributed by atoms with Gasteiger partial charge in [-0.25, -0.2) is 19.2 Å². The maximum absolute atomic E-state index is 12.4. The maximum Gasteiger partial charge on any atom is 0.335 e. The molecule has 13 N–H and O–H groups in total. The van der Waals surface area contributed by atoms with Gasteiger partial charge in [-0.05, 0) is 153 Å². The highest BCUT2D eigenvalue weighted by Crippen LogP contribution is 2.21. The van der Waals surface area contributed by atoms with Gasteiger partial charge in [-0.1, -0.05) is 98.3 Å². The molecule has 0 heterocycles. The smallest absolute Gasteiger partial charge is 0.335 e. The van der Waals surface area contributed by atoms with Gasteiger partial charge in [-0.15, -0.1) is 0 Å². The third-order valence-electron chi connectivity index (χ3n) is 21.7. The molecule has 0 aromatic heterocycles. The van der Waals surface area contributed by atoms with Gasteiger partial charge in [0.25, 0.3) is 0 Å². The Hall–Kier alpha value is -10.8. The highest BCUT2D eigenvalue weighted by Gasteiger charge is 2.26. The number of ether oxygens (including phenoxy) is 10. The van der Waals surface area contributed by atoms with Crippen LogP contribution >= 0.6 is 0 Å². The second kappa shape index (κ2) is 88.1. The van der Waals surface area contributed by atoms with Crippen LogP contribution in [-0.4, -0.2) is 300 Å². The van der Waals surface area contributed by atoms with Crippen LogP contribution in [0.25, 0.3) is 0 Å². The van der Waals surface area contributed by atoms with E-state index >= 15 is 0 Å². The van der Waals surface area contributed by atoms with Crippen LogP contribution in [-0.2, 0) is 115 Å². The fourth-order valence-corrected chi connectivity index (χ4v) is 13.1. The first-order valence-corrected chi connectivity index (χ1v) is 49.0. The van der Waals surface area contributed by atoms with Gasteiger partial charge in [0.05, 0.1) is 109 Å². The zero-order valence-electron chi connectivity index (χ0n) is 83.0. The summed E-state index contributed by atoms with van der Waals surface area (Å²) in [5, 5.41) is 73.5. The van der Waals surface area contributed by atoms with Crippen LogP contribution in [0.3, 0.4) is 0 Å². The minimum Gasteiger partial charge on any atom is -0.494 e. The zero-order chi connectivity index (χ0) is 104. The molecule has 0 saturated heterocycles. The molecule has 0 aliphatic carbocycles. The maximum atomic E-state index is 12.4. The van der Waals surface area contributed by atoms with Crippen LogP contribution in [0.2, 0.25) is 0 Å². The van der Waals surface area contributed by atoms with Crippen molar-refractivity contribution in [3.05, 3.63) is 59.7 Å². The van der Waals surface area contributed by atoms with E-state index in [0.717, 1.165) is 109 Å². The van der Waals surface area contributed by atoms with Crippen LogP contribution < -0.4 is 46.7 Å². The quantitative estimate of drug-likeness (QED) is 0.0274. The van der Waals surface area contributed by atoms with Gasteiger partial charge < -0.3 is 115 Å². The van der Waals surface area contributed by atoms with Crippen LogP contribution in [0.1, 0.15) is 288 Å². The minimum absolute atomic E-state index is 0.